The van der Waals surface area contributed by atoms with Gasteiger partial charge in [0.25, 0.3) is 0 Å². The molecular weight excluding hydrogens is 176 g/mol. The van der Waals surface area contributed by atoms with Gasteiger partial charge in [-0.25, -0.2) is 4.79 Å². The van der Waals surface area contributed by atoms with Crippen LogP contribution >= 0.6 is 0 Å². The van der Waals surface area contributed by atoms with Crippen LogP contribution in [0.1, 0.15) is 52.4 Å². The van der Waals surface area contributed by atoms with Crippen LogP contribution in [0, 0.1) is 5.41 Å². The fourth-order valence-corrected chi connectivity index (χ4v) is 2.38. The van der Waals surface area contributed by atoms with E-state index in [2.05, 4.69) is 6.92 Å². The molecule has 1 N–H and O–H groups in total. The smallest absolute Gasteiger partial charge is 0.330 e. The first-order valence-electron chi connectivity index (χ1n) is 5.52. The van der Waals surface area contributed by atoms with Crippen molar-refractivity contribution in [1.82, 2.24) is 0 Å². The van der Waals surface area contributed by atoms with Crippen LogP contribution in [0.15, 0.2) is 11.6 Å². The van der Waals surface area contributed by atoms with Gasteiger partial charge < -0.3 is 5.11 Å². The Bertz CT molecular complexity index is 235. The molecule has 1 fully saturated rings. The molecule has 0 heterocycles. The SMILES string of the molecule is CCC1(C=C(C)C(=O)O)CCCCC1. The second-order valence-corrected chi connectivity index (χ2v) is 4.41. The number of carboxylic acid groups (broad SMARTS) is 1. The lowest BCUT2D eigenvalue weighted by molar-refractivity contribution is -0.132. The summed E-state index contributed by atoms with van der Waals surface area (Å²) in [5, 5.41) is 8.85. The van der Waals surface area contributed by atoms with Crippen LogP contribution in [0.25, 0.3) is 0 Å². The lowest BCUT2D eigenvalue weighted by Crippen LogP contribution is -2.21. The van der Waals surface area contributed by atoms with Crippen LogP contribution in [-0.4, -0.2) is 11.1 Å². The van der Waals surface area contributed by atoms with Crippen LogP contribution in [0.4, 0.5) is 0 Å². The van der Waals surface area contributed by atoms with E-state index in [1.165, 1.54) is 19.3 Å². The molecule has 1 aliphatic carbocycles. The van der Waals surface area contributed by atoms with Crippen LogP contribution in [-0.2, 0) is 4.79 Å². The van der Waals surface area contributed by atoms with Crippen molar-refractivity contribution in [2.24, 2.45) is 5.41 Å². The van der Waals surface area contributed by atoms with E-state index in [9.17, 15) is 4.79 Å². The van der Waals surface area contributed by atoms with Crippen LogP contribution < -0.4 is 0 Å². The first kappa shape index (κ1) is 11.3. The summed E-state index contributed by atoms with van der Waals surface area (Å²) in [7, 11) is 0. The summed E-state index contributed by atoms with van der Waals surface area (Å²) in [4.78, 5) is 10.8. The van der Waals surface area contributed by atoms with Crippen molar-refractivity contribution in [2.75, 3.05) is 0 Å². The molecular formula is C12H20O2. The number of allylic oxidation sites excluding steroid dienone is 1. The van der Waals surface area contributed by atoms with Crippen molar-refractivity contribution in [3.63, 3.8) is 0 Å². The van der Waals surface area contributed by atoms with Crippen molar-refractivity contribution >= 4 is 5.97 Å². The number of hydrogen-bond acceptors (Lipinski definition) is 1. The zero-order valence-corrected chi connectivity index (χ0v) is 9.18. The Morgan fingerprint density at radius 2 is 1.93 bits per heavy atom. The Morgan fingerprint density at radius 3 is 2.36 bits per heavy atom. The highest BCUT2D eigenvalue weighted by Crippen LogP contribution is 2.41. The molecule has 0 atom stereocenters. The van der Waals surface area contributed by atoms with Crippen molar-refractivity contribution in [3.05, 3.63) is 11.6 Å². The second-order valence-electron chi connectivity index (χ2n) is 4.41. The van der Waals surface area contributed by atoms with Gasteiger partial charge in [0.15, 0.2) is 0 Å². The summed E-state index contributed by atoms with van der Waals surface area (Å²) >= 11 is 0. The Kier molecular flexibility index (Phi) is 3.73. The number of rotatable bonds is 3. The number of carboxylic acids is 1. The van der Waals surface area contributed by atoms with E-state index in [4.69, 9.17) is 5.11 Å². The van der Waals surface area contributed by atoms with Gasteiger partial charge in [0.1, 0.15) is 0 Å². The van der Waals surface area contributed by atoms with Gasteiger partial charge in [-0.2, -0.15) is 0 Å². The standard InChI is InChI=1S/C12H20O2/c1-3-12(7-5-4-6-8-12)9-10(2)11(13)14/h9H,3-8H2,1-2H3,(H,13,14). The molecule has 0 aromatic rings. The Morgan fingerprint density at radius 1 is 1.36 bits per heavy atom. The van der Waals surface area contributed by atoms with Gasteiger partial charge >= 0.3 is 5.97 Å². The van der Waals surface area contributed by atoms with Crippen molar-refractivity contribution in [3.8, 4) is 0 Å². The van der Waals surface area contributed by atoms with Gasteiger partial charge in [-0.1, -0.05) is 32.3 Å². The van der Waals surface area contributed by atoms with E-state index in [1.54, 1.807) is 6.92 Å². The van der Waals surface area contributed by atoms with E-state index in [1.807, 2.05) is 6.08 Å². The molecule has 0 amide bonds. The molecule has 0 spiro atoms. The number of hydrogen-bond donors (Lipinski definition) is 1. The van der Waals surface area contributed by atoms with Crippen LogP contribution in [0.3, 0.4) is 0 Å². The molecule has 80 valence electrons. The Hall–Kier alpha value is -0.790. The topological polar surface area (TPSA) is 37.3 Å². The highest BCUT2D eigenvalue weighted by atomic mass is 16.4. The van der Waals surface area contributed by atoms with Crippen LogP contribution in [0.2, 0.25) is 0 Å². The average molecular weight is 196 g/mol. The third-order valence-electron chi connectivity index (χ3n) is 3.41. The largest absolute Gasteiger partial charge is 0.478 e. The molecule has 2 heteroatoms. The minimum Gasteiger partial charge on any atom is -0.478 e. The minimum absolute atomic E-state index is 0.181. The summed E-state index contributed by atoms with van der Waals surface area (Å²) < 4.78 is 0. The lowest BCUT2D eigenvalue weighted by Gasteiger charge is -2.34. The molecule has 0 unspecified atom stereocenters. The zero-order chi connectivity index (χ0) is 10.6. The fraction of sp³-hybridized carbons (Fsp3) is 0.750. The van der Waals surface area contributed by atoms with Gasteiger partial charge in [0.2, 0.25) is 0 Å². The Balaban J connectivity index is 2.78. The molecule has 2 nitrogen and oxygen atoms in total. The minimum atomic E-state index is -0.775. The van der Waals surface area contributed by atoms with E-state index >= 15 is 0 Å². The summed E-state index contributed by atoms with van der Waals surface area (Å²) in [5.74, 6) is -0.775. The first-order valence-corrected chi connectivity index (χ1v) is 5.52. The fourth-order valence-electron chi connectivity index (χ4n) is 2.38. The molecule has 0 aromatic carbocycles. The quantitative estimate of drug-likeness (QED) is 0.702. The second kappa shape index (κ2) is 4.63. The summed E-state index contributed by atoms with van der Waals surface area (Å²) in [6.07, 6.45) is 9.19. The van der Waals surface area contributed by atoms with Gasteiger partial charge in [-0.05, 0) is 31.6 Å². The van der Waals surface area contributed by atoms with Gasteiger partial charge in [0.05, 0.1) is 0 Å². The number of carbonyl (C=O) groups is 1. The molecule has 0 aromatic heterocycles. The molecule has 0 bridgehead atoms. The van der Waals surface area contributed by atoms with E-state index in [0.29, 0.717) is 5.57 Å². The predicted molar refractivity (Wildman–Crippen MR) is 57.2 cm³/mol. The van der Waals surface area contributed by atoms with Crippen molar-refractivity contribution in [2.45, 2.75) is 52.4 Å². The molecule has 14 heavy (non-hydrogen) atoms. The first-order chi connectivity index (χ1) is 6.59. The maximum atomic E-state index is 10.8. The van der Waals surface area contributed by atoms with Crippen LogP contribution in [0.5, 0.6) is 0 Å². The average Bonchev–Trinajstić information content (AvgIpc) is 2.19. The molecule has 0 saturated heterocycles. The monoisotopic (exact) mass is 196 g/mol. The summed E-state index contributed by atoms with van der Waals surface area (Å²) in [5.41, 5.74) is 0.689. The maximum Gasteiger partial charge on any atom is 0.330 e. The van der Waals surface area contributed by atoms with Gasteiger partial charge in [-0.3, -0.25) is 0 Å². The highest BCUT2D eigenvalue weighted by Gasteiger charge is 2.28. The summed E-state index contributed by atoms with van der Waals surface area (Å²) in [6, 6.07) is 0. The Labute approximate surface area is 86.0 Å². The van der Waals surface area contributed by atoms with E-state index < -0.39 is 5.97 Å². The normalized spacial score (nSPS) is 22.0. The van der Waals surface area contributed by atoms with Crippen molar-refractivity contribution in [1.29, 1.82) is 0 Å². The highest BCUT2D eigenvalue weighted by molar-refractivity contribution is 5.85. The maximum absolute atomic E-state index is 10.8. The molecule has 0 radical (unpaired) electrons. The third-order valence-corrected chi connectivity index (χ3v) is 3.41. The molecule has 0 aliphatic heterocycles. The lowest BCUT2D eigenvalue weighted by atomic mass is 9.71. The van der Waals surface area contributed by atoms with E-state index in [0.717, 1.165) is 19.3 Å². The molecule has 1 saturated carbocycles. The molecule has 1 aliphatic rings. The zero-order valence-electron chi connectivity index (χ0n) is 9.18. The third kappa shape index (κ3) is 2.60. The summed E-state index contributed by atoms with van der Waals surface area (Å²) in [6.45, 7) is 3.87. The predicted octanol–water partition coefficient (Wildman–Crippen LogP) is 3.38. The van der Waals surface area contributed by atoms with Crippen molar-refractivity contribution < 1.29 is 9.90 Å². The number of aliphatic carboxylic acids is 1. The van der Waals surface area contributed by atoms with Gasteiger partial charge in [0, 0.05) is 5.57 Å². The molecule has 1 rings (SSSR count). The van der Waals surface area contributed by atoms with Gasteiger partial charge in [-0.15, -0.1) is 0 Å². The van der Waals surface area contributed by atoms with E-state index in [-0.39, 0.29) is 5.41 Å².